The lowest BCUT2D eigenvalue weighted by atomic mass is 10.0. The molecular weight excluding hydrogens is 170 g/mol. The second-order valence-corrected chi connectivity index (χ2v) is 3.72. The zero-order chi connectivity index (χ0) is 9.38. The van der Waals surface area contributed by atoms with Crippen LogP contribution in [0.15, 0.2) is 42.1 Å². The molecule has 0 saturated carbocycles. The van der Waals surface area contributed by atoms with Crippen molar-refractivity contribution in [2.24, 2.45) is 0 Å². The summed E-state index contributed by atoms with van der Waals surface area (Å²) >= 11 is 0. The van der Waals surface area contributed by atoms with E-state index >= 15 is 0 Å². The van der Waals surface area contributed by atoms with E-state index < -0.39 is 0 Å². The van der Waals surface area contributed by atoms with Crippen LogP contribution < -0.4 is 0 Å². The third kappa shape index (κ3) is 1.09. The van der Waals surface area contributed by atoms with Crippen LogP contribution >= 0.6 is 0 Å². The Morgan fingerprint density at radius 3 is 3.07 bits per heavy atom. The smallest absolute Gasteiger partial charge is 0.0406 e. The molecule has 2 aliphatic heterocycles. The predicted molar refractivity (Wildman–Crippen MR) is 57.5 cm³/mol. The first-order valence-electron chi connectivity index (χ1n) is 5.08. The van der Waals surface area contributed by atoms with E-state index in [2.05, 4.69) is 35.3 Å². The van der Waals surface area contributed by atoms with Gasteiger partial charge in [0.2, 0.25) is 0 Å². The molecule has 2 heterocycles. The van der Waals surface area contributed by atoms with Gasteiger partial charge in [0.1, 0.15) is 0 Å². The van der Waals surface area contributed by atoms with Gasteiger partial charge in [-0.2, -0.15) is 0 Å². The fraction of sp³-hybridized carbons (Fsp3) is 0.231. The summed E-state index contributed by atoms with van der Waals surface area (Å²) in [6.45, 7) is 2.26. The van der Waals surface area contributed by atoms with E-state index in [0.717, 1.165) is 6.54 Å². The molecule has 1 aromatic rings. The standard InChI is InChI=1S/C13H12N/c1-2-5-11(6-3-1)12-8-10-14-9-4-7-13(12)14/h1-3,5,7-8H,4,9-10H2. The van der Waals surface area contributed by atoms with Crippen molar-refractivity contribution < 1.29 is 0 Å². The maximum Gasteiger partial charge on any atom is 0.0406 e. The van der Waals surface area contributed by atoms with Gasteiger partial charge in [0.15, 0.2) is 0 Å². The Labute approximate surface area is 84.4 Å². The molecule has 1 nitrogen and oxygen atoms in total. The lowest BCUT2D eigenvalue weighted by molar-refractivity contribution is 0.446. The third-order valence-corrected chi connectivity index (χ3v) is 2.87. The molecule has 0 aliphatic carbocycles. The van der Waals surface area contributed by atoms with Gasteiger partial charge in [0, 0.05) is 24.4 Å². The normalized spacial score (nSPS) is 19.3. The minimum atomic E-state index is 1.07. The third-order valence-electron chi connectivity index (χ3n) is 2.87. The molecule has 1 radical (unpaired) electrons. The number of hydrogen-bond acceptors (Lipinski definition) is 1. The van der Waals surface area contributed by atoms with Crippen LogP contribution in [0, 0.1) is 6.07 Å². The highest BCUT2D eigenvalue weighted by Crippen LogP contribution is 2.34. The highest BCUT2D eigenvalue weighted by Gasteiger charge is 2.23. The highest BCUT2D eigenvalue weighted by molar-refractivity contribution is 5.80. The van der Waals surface area contributed by atoms with E-state index in [0.29, 0.717) is 0 Å². The van der Waals surface area contributed by atoms with E-state index in [4.69, 9.17) is 0 Å². The summed E-state index contributed by atoms with van der Waals surface area (Å²) in [5, 5.41) is 0. The summed E-state index contributed by atoms with van der Waals surface area (Å²) in [4.78, 5) is 2.43. The Balaban J connectivity index is 2.01. The molecule has 0 N–H and O–H groups in total. The van der Waals surface area contributed by atoms with Crippen LogP contribution in [0.5, 0.6) is 0 Å². The fourth-order valence-corrected chi connectivity index (χ4v) is 2.19. The zero-order valence-electron chi connectivity index (χ0n) is 8.03. The molecule has 0 unspecified atom stereocenters. The van der Waals surface area contributed by atoms with Crippen LogP contribution in [0.1, 0.15) is 12.0 Å². The number of fused-ring (bicyclic) bond motifs is 1. The van der Waals surface area contributed by atoms with Crippen LogP contribution in [-0.4, -0.2) is 18.0 Å². The maximum atomic E-state index is 3.29. The van der Waals surface area contributed by atoms with E-state index in [9.17, 15) is 0 Å². The van der Waals surface area contributed by atoms with E-state index in [1.807, 2.05) is 12.1 Å². The van der Waals surface area contributed by atoms with Crippen LogP contribution in [0.4, 0.5) is 0 Å². The van der Waals surface area contributed by atoms with Gasteiger partial charge in [-0.05, 0) is 18.1 Å². The fourth-order valence-electron chi connectivity index (χ4n) is 2.19. The first-order chi connectivity index (χ1) is 6.95. The molecule has 0 spiro atoms. The summed E-state index contributed by atoms with van der Waals surface area (Å²) in [7, 11) is 0. The van der Waals surface area contributed by atoms with Crippen molar-refractivity contribution in [1.29, 1.82) is 0 Å². The van der Waals surface area contributed by atoms with Gasteiger partial charge in [-0.3, -0.25) is 0 Å². The van der Waals surface area contributed by atoms with Gasteiger partial charge >= 0.3 is 0 Å². The van der Waals surface area contributed by atoms with Gasteiger partial charge in [-0.1, -0.05) is 36.4 Å². The van der Waals surface area contributed by atoms with Crippen molar-refractivity contribution in [2.45, 2.75) is 6.42 Å². The number of rotatable bonds is 1. The van der Waals surface area contributed by atoms with Crippen molar-refractivity contribution in [1.82, 2.24) is 4.90 Å². The highest BCUT2D eigenvalue weighted by atomic mass is 15.2. The quantitative estimate of drug-likeness (QED) is 0.645. The zero-order valence-corrected chi connectivity index (χ0v) is 8.03. The topological polar surface area (TPSA) is 3.24 Å². The largest absolute Gasteiger partial charge is 0.367 e. The lowest BCUT2D eigenvalue weighted by Crippen LogP contribution is -2.14. The Kier molecular flexibility index (Phi) is 1.69. The van der Waals surface area contributed by atoms with Crippen molar-refractivity contribution in [3.05, 3.63) is 53.7 Å². The minimum Gasteiger partial charge on any atom is -0.367 e. The molecule has 1 aromatic carbocycles. The average molecular weight is 182 g/mol. The summed E-state index contributed by atoms with van der Waals surface area (Å²) in [6, 6.07) is 11.5. The number of nitrogens with zero attached hydrogens (tertiary/aromatic N) is 1. The van der Waals surface area contributed by atoms with Gasteiger partial charge in [-0.15, -0.1) is 0 Å². The molecule has 0 fully saturated rings. The molecule has 1 heteroatoms. The molecule has 0 amide bonds. The Morgan fingerprint density at radius 2 is 2.21 bits per heavy atom. The molecule has 0 atom stereocenters. The molecule has 69 valence electrons. The molecule has 3 rings (SSSR count). The Bertz CT molecular complexity index is 401. The molecule has 0 saturated heterocycles. The molecule has 14 heavy (non-hydrogen) atoms. The minimum absolute atomic E-state index is 1.07. The van der Waals surface area contributed by atoms with Crippen LogP contribution in [-0.2, 0) is 0 Å². The van der Waals surface area contributed by atoms with Crippen LogP contribution in [0.2, 0.25) is 0 Å². The Morgan fingerprint density at radius 1 is 1.21 bits per heavy atom. The first-order valence-corrected chi connectivity index (χ1v) is 5.08. The molecule has 0 aromatic heterocycles. The summed E-state index contributed by atoms with van der Waals surface area (Å²) in [5.41, 5.74) is 4.00. The summed E-state index contributed by atoms with van der Waals surface area (Å²) in [6.07, 6.45) is 5.83. The van der Waals surface area contributed by atoms with Crippen molar-refractivity contribution in [3.63, 3.8) is 0 Å². The van der Waals surface area contributed by atoms with E-state index in [1.165, 1.54) is 29.8 Å². The molecular formula is C13H12N. The van der Waals surface area contributed by atoms with E-state index in [1.54, 1.807) is 0 Å². The second kappa shape index (κ2) is 3.02. The number of benzene rings is 1. The number of allylic oxidation sites excluding steroid dienone is 1. The SMILES string of the molecule is [c]1ccccc1C1=CCN2CCC=C12. The van der Waals surface area contributed by atoms with Gasteiger partial charge < -0.3 is 4.90 Å². The lowest BCUT2D eigenvalue weighted by Gasteiger charge is -2.14. The van der Waals surface area contributed by atoms with Crippen LogP contribution in [0.3, 0.4) is 0 Å². The van der Waals surface area contributed by atoms with Crippen molar-refractivity contribution in [3.8, 4) is 0 Å². The summed E-state index contributed by atoms with van der Waals surface area (Å²) < 4.78 is 0. The maximum absolute atomic E-state index is 3.29. The number of hydrogen-bond donors (Lipinski definition) is 0. The van der Waals surface area contributed by atoms with Crippen molar-refractivity contribution >= 4 is 5.57 Å². The first kappa shape index (κ1) is 7.86. The molecule has 2 aliphatic rings. The predicted octanol–water partition coefficient (Wildman–Crippen LogP) is 2.47. The van der Waals surface area contributed by atoms with Crippen LogP contribution in [0.25, 0.3) is 5.57 Å². The second-order valence-electron chi connectivity index (χ2n) is 3.72. The Hall–Kier alpha value is -1.50. The van der Waals surface area contributed by atoms with Gasteiger partial charge in [0.25, 0.3) is 0 Å². The van der Waals surface area contributed by atoms with E-state index in [-0.39, 0.29) is 0 Å². The average Bonchev–Trinajstić information content (AvgIpc) is 2.79. The van der Waals surface area contributed by atoms with Crippen molar-refractivity contribution in [2.75, 3.05) is 13.1 Å². The monoisotopic (exact) mass is 182 g/mol. The van der Waals surface area contributed by atoms with Gasteiger partial charge in [0.05, 0.1) is 0 Å². The van der Waals surface area contributed by atoms with Gasteiger partial charge in [-0.25, -0.2) is 0 Å². The summed E-state index contributed by atoms with van der Waals surface area (Å²) in [5.74, 6) is 0. The molecule has 0 bridgehead atoms.